The van der Waals surface area contributed by atoms with Crippen molar-refractivity contribution in [3.05, 3.63) is 41.3 Å². The lowest BCUT2D eigenvalue weighted by Crippen LogP contribution is -2.57. The molecule has 1 atom stereocenters. The Balaban J connectivity index is 1.55. The van der Waals surface area contributed by atoms with Gasteiger partial charge in [-0.3, -0.25) is 9.78 Å². The summed E-state index contributed by atoms with van der Waals surface area (Å²) in [5, 5.41) is 6.53. The molecule has 1 aliphatic rings. The molecule has 1 unspecified atom stereocenters. The molecular weight excluding hydrogens is 450 g/mol. The van der Waals surface area contributed by atoms with Crippen LogP contribution >= 0.6 is 23.4 Å². The number of urea groups is 1. The molecule has 1 saturated heterocycles. The highest BCUT2D eigenvalue weighted by Gasteiger charge is 2.28. The lowest BCUT2D eigenvalue weighted by molar-refractivity contribution is -0.118. The molecule has 0 radical (unpaired) electrons. The Labute approximate surface area is 197 Å². The van der Waals surface area contributed by atoms with Crippen molar-refractivity contribution in [3.63, 3.8) is 0 Å². The number of carbonyl (C=O) groups is 2. The van der Waals surface area contributed by atoms with Crippen LogP contribution in [0.2, 0.25) is 5.15 Å². The first-order chi connectivity index (χ1) is 15.3. The van der Waals surface area contributed by atoms with Crippen molar-refractivity contribution in [3.8, 4) is 0 Å². The normalized spacial score (nSPS) is 16.2. The Morgan fingerprint density at radius 3 is 2.78 bits per heavy atom. The summed E-state index contributed by atoms with van der Waals surface area (Å²) < 4.78 is 0. The van der Waals surface area contributed by atoms with E-state index in [2.05, 4.69) is 30.5 Å². The molecule has 0 bridgehead atoms. The smallest absolute Gasteiger partial charge is 0.317 e. The Kier molecular flexibility index (Phi) is 8.52. The highest BCUT2D eigenvalue weighted by Crippen LogP contribution is 2.24. The fourth-order valence-electron chi connectivity index (χ4n) is 3.28. The third-order valence-electron chi connectivity index (χ3n) is 4.81. The molecule has 172 valence electrons. The summed E-state index contributed by atoms with van der Waals surface area (Å²) in [6.45, 7) is 8.12. The minimum atomic E-state index is -0.135. The van der Waals surface area contributed by atoms with E-state index in [1.54, 1.807) is 12.3 Å². The standard InChI is InChI=1S/C21H28ClN7O2S/c1-14(2)25-21(31)29-9-8-28(12-15(29)3)18-10-17(22)26-20(27-18)32-13-19(30)24-11-16-6-4-5-7-23-16/h4-7,10,14-15H,8-9,11-13H2,1-3H3,(H,24,30)(H,25,31). The Morgan fingerprint density at radius 2 is 2.09 bits per heavy atom. The third kappa shape index (κ3) is 6.96. The van der Waals surface area contributed by atoms with Crippen LogP contribution in [0.1, 0.15) is 26.5 Å². The minimum Gasteiger partial charge on any atom is -0.353 e. The number of rotatable bonds is 7. The molecule has 32 heavy (non-hydrogen) atoms. The molecule has 2 aromatic rings. The lowest BCUT2D eigenvalue weighted by Gasteiger charge is -2.40. The van der Waals surface area contributed by atoms with Crippen LogP contribution in [0.15, 0.2) is 35.6 Å². The van der Waals surface area contributed by atoms with Crippen LogP contribution < -0.4 is 15.5 Å². The average molecular weight is 478 g/mol. The fourth-order valence-corrected chi connectivity index (χ4v) is 4.19. The maximum Gasteiger partial charge on any atom is 0.317 e. The van der Waals surface area contributed by atoms with E-state index >= 15 is 0 Å². The number of thioether (sulfide) groups is 1. The van der Waals surface area contributed by atoms with Gasteiger partial charge in [-0.15, -0.1) is 0 Å². The van der Waals surface area contributed by atoms with E-state index in [0.29, 0.717) is 42.3 Å². The lowest BCUT2D eigenvalue weighted by atomic mass is 10.2. The zero-order valence-corrected chi connectivity index (χ0v) is 20.0. The second kappa shape index (κ2) is 11.3. The third-order valence-corrected chi connectivity index (χ3v) is 5.85. The molecule has 0 spiro atoms. The van der Waals surface area contributed by atoms with Crippen LogP contribution in [0.25, 0.3) is 0 Å². The first kappa shape index (κ1) is 24.1. The van der Waals surface area contributed by atoms with Gasteiger partial charge in [-0.1, -0.05) is 29.4 Å². The summed E-state index contributed by atoms with van der Waals surface area (Å²) in [4.78, 5) is 41.5. The van der Waals surface area contributed by atoms with Crippen LogP contribution in [0.4, 0.5) is 10.6 Å². The molecule has 0 aromatic carbocycles. The number of carbonyl (C=O) groups excluding carboxylic acids is 2. The molecule has 3 amide bonds. The van der Waals surface area contributed by atoms with Gasteiger partial charge in [-0.2, -0.15) is 0 Å². The first-order valence-electron chi connectivity index (χ1n) is 10.5. The first-order valence-corrected chi connectivity index (χ1v) is 11.8. The van der Waals surface area contributed by atoms with E-state index in [9.17, 15) is 9.59 Å². The number of piperazine rings is 1. The SMILES string of the molecule is CC(C)NC(=O)N1CCN(c2cc(Cl)nc(SCC(=O)NCc3ccccn3)n2)CC1C. The molecule has 2 N–H and O–H groups in total. The number of nitrogens with one attached hydrogen (secondary N) is 2. The topological polar surface area (TPSA) is 103 Å². The monoisotopic (exact) mass is 477 g/mol. The second-order valence-corrected chi connectivity index (χ2v) is 9.14. The van der Waals surface area contributed by atoms with Crippen LogP contribution in [-0.2, 0) is 11.3 Å². The van der Waals surface area contributed by atoms with Crippen molar-refractivity contribution in [1.29, 1.82) is 0 Å². The summed E-state index contributed by atoms with van der Waals surface area (Å²) >= 11 is 7.45. The second-order valence-electron chi connectivity index (χ2n) is 7.81. The number of nitrogens with zero attached hydrogens (tertiary/aromatic N) is 5. The minimum absolute atomic E-state index is 0.0183. The molecule has 0 aliphatic carbocycles. The van der Waals surface area contributed by atoms with Crippen molar-refractivity contribution >= 4 is 41.1 Å². The molecule has 1 fully saturated rings. The van der Waals surface area contributed by atoms with Gasteiger partial charge in [-0.05, 0) is 32.9 Å². The summed E-state index contributed by atoms with van der Waals surface area (Å²) in [6.07, 6.45) is 1.69. The van der Waals surface area contributed by atoms with Crippen molar-refractivity contribution in [2.24, 2.45) is 0 Å². The molecule has 1 aliphatic heterocycles. The van der Waals surface area contributed by atoms with E-state index in [1.165, 1.54) is 11.8 Å². The van der Waals surface area contributed by atoms with Crippen molar-refractivity contribution < 1.29 is 9.59 Å². The molecule has 2 aromatic heterocycles. The summed E-state index contributed by atoms with van der Waals surface area (Å²) in [6, 6.07) is 7.33. The number of halogens is 1. The average Bonchev–Trinajstić information content (AvgIpc) is 2.76. The van der Waals surface area contributed by atoms with Crippen molar-refractivity contribution in [1.82, 2.24) is 30.5 Å². The zero-order valence-electron chi connectivity index (χ0n) is 18.4. The van der Waals surface area contributed by atoms with E-state index in [0.717, 1.165) is 5.69 Å². The fraction of sp³-hybridized carbons (Fsp3) is 0.476. The van der Waals surface area contributed by atoms with Crippen molar-refractivity contribution in [2.75, 3.05) is 30.3 Å². The Bertz CT molecular complexity index is 932. The van der Waals surface area contributed by atoms with E-state index in [1.807, 2.05) is 43.9 Å². The molecule has 3 rings (SSSR count). The number of amides is 3. The van der Waals surface area contributed by atoms with E-state index in [4.69, 9.17) is 11.6 Å². The molecule has 3 heterocycles. The van der Waals surface area contributed by atoms with Crippen molar-refractivity contribution in [2.45, 2.75) is 44.6 Å². The zero-order chi connectivity index (χ0) is 23.1. The number of hydrogen-bond donors (Lipinski definition) is 2. The van der Waals surface area contributed by atoms with Gasteiger partial charge < -0.3 is 20.4 Å². The van der Waals surface area contributed by atoms with Crippen LogP contribution in [-0.4, -0.2) is 69.3 Å². The Morgan fingerprint density at radius 1 is 1.28 bits per heavy atom. The molecule has 9 nitrogen and oxygen atoms in total. The van der Waals surface area contributed by atoms with E-state index < -0.39 is 0 Å². The molecular formula is C21H28ClN7O2S. The maximum absolute atomic E-state index is 12.4. The largest absolute Gasteiger partial charge is 0.353 e. The molecule has 0 saturated carbocycles. The van der Waals surface area contributed by atoms with Crippen LogP contribution in [0, 0.1) is 0 Å². The van der Waals surface area contributed by atoms with Gasteiger partial charge >= 0.3 is 6.03 Å². The summed E-state index contributed by atoms with van der Waals surface area (Å²) in [7, 11) is 0. The van der Waals surface area contributed by atoms with Gasteiger partial charge in [0.1, 0.15) is 11.0 Å². The Hall–Kier alpha value is -2.59. The quantitative estimate of drug-likeness (QED) is 0.359. The summed E-state index contributed by atoms with van der Waals surface area (Å²) in [5.41, 5.74) is 0.794. The summed E-state index contributed by atoms with van der Waals surface area (Å²) in [5.74, 6) is 0.730. The predicted octanol–water partition coefficient (Wildman–Crippen LogP) is 2.56. The predicted molar refractivity (Wildman–Crippen MR) is 126 cm³/mol. The number of aromatic nitrogens is 3. The van der Waals surface area contributed by atoms with Crippen LogP contribution in [0.5, 0.6) is 0 Å². The van der Waals surface area contributed by atoms with Crippen LogP contribution in [0.3, 0.4) is 0 Å². The van der Waals surface area contributed by atoms with Gasteiger partial charge in [-0.25, -0.2) is 14.8 Å². The van der Waals surface area contributed by atoms with Gasteiger partial charge in [0.05, 0.1) is 18.0 Å². The van der Waals surface area contributed by atoms with E-state index in [-0.39, 0.29) is 29.8 Å². The highest BCUT2D eigenvalue weighted by atomic mass is 35.5. The molecule has 11 heteroatoms. The highest BCUT2D eigenvalue weighted by molar-refractivity contribution is 7.99. The van der Waals surface area contributed by atoms with Gasteiger partial charge in [0.15, 0.2) is 5.16 Å². The number of anilines is 1. The van der Waals surface area contributed by atoms with Gasteiger partial charge in [0, 0.05) is 44.0 Å². The van der Waals surface area contributed by atoms with Gasteiger partial charge in [0.2, 0.25) is 5.91 Å². The van der Waals surface area contributed by atoms with Gasteiger partial charge in [0.25, 0.3) is 0 Å². The maximum atomic E-state index is 12.4. The number of pyridine rings is 1. The number of hydrogen-bond acceptors (Lipinski definition) is 7.